The van der Waals surface area contributed by atoms with Crippen molar-refractivity contribution in [3.8, 4) is 0 Å². The van der Waals surface area contributed by atoms with Crippen LogP contribution >= 0.6 is 0 Å². The third kappa shape index (κ3) is 2.10. The first-order valence-corrected chi connectivity index (χ1v) is 6.03. The van der Waals surface area contributed by atoms with Crippen LogP contribution in [0.25, 0.3) is 0 Å². The molecule has 1 rings (SSSR count). The summed E-state index contributed by atoms with van der Waals surface area (Å²) < 4.78 is 0. The number of rotatable bonds is 3. The van der Waals surface area contributed by atoms with Crippen LogP contribution in [0.2, 0.25) is 0 Å². The van der Waals surface area contributed by atoms with E-state index in [4.69, 9.17) is 0 Å². The molecule has 0 aliphatic carbocycles. The maximum atomic E-state index is 12.1. The van der Waals surface area contributed by atoms with Crippen LogP contribution in [0.1, 0.15) is 27.2 Å². The second-order valence-electron chi connectivity index (χ2n) is 4.97. The number of carbonyl (C=O) groups is 2. The van der Waals surface area contributed by atoms with Crippen LogP contribution < -0.4 is 5.32 Å². The molecule has 4 amide bonds. The number of likely N-dealkylation sites (N-methyl/N-ethyl adjacent to an activating group) is 1. The van der Waals surface area contributed by atoms with Gasteiger partial charge < -0.3 is 15.1 Å². The van der Waals surface area contributed by atoms with Gasteiger partial charge in [-0.3, -0.25) is 5.21 Å². The first-order chi connectivity index (χ1) is 8.28. The Hall–Kier alpha value is -1.50. The number of hydrogen-bond acceptors (Lipinski definition) is 3. The predicted molar refractivity (Wildman–Crippen MR) is 66.1 cm³/mol. The standard InChI is InChI=1S/C11H22N4O3/c1-6-7-14-10(17)13(5)8(11(14,2)3)15(18)9(16)12-4/h8,18H,6-7H2,1-5H3,(H,12,16)/t8-/m0/s1. The highest BCUT2D eigenvalue weighted by Crippen LogP contribution is 2.33. The molecule has 0 aromatic rings. The molecule has 7 heteroatoms. The van der Waals surface area contributed by atoms with Crippen molar-refractivity contribution in [2.75, 3.05) is 20.6 Å². The largest absolute Gasteiger partial charge is 0.342 e. The summed E-state index contributed by atoms with van der Waals surface area (Å²) in [6.45, 7) is 6.24. The van der Waals surface area contributed by atoms with Crippen LogP contribution in [-0.2, 0) is 0 Å². The molecule has 0 bridgehead atoms. The van der Waals surface area contributed by atoms with Crippen molar-refractivity contribution in [3.63, 3.8) is 0 Å². The summed E-state index contributed by atoms with van der Waals surface area (Å²) in [5.41, 5.74) is -0.650. The molecular formula is C11H22N4O3. The first kappa shape index (κ1) is 14.6. The van der Waals surface area contributed by atoms with Gasteiger partial charge in [-0.05, 0) is 20.3 Å². The van der Waals surface area contributed by atoms with Crippen molar-refractivity contribution in [1.82, 2.24) is 20.2 Å². The van der Waals surface area contributed by atoms with Crippen molar-refractivity contribution < 1.29 is 14.8 Å². The molecule has 0 spiro atoms. The van der Waals surface area contributed by atoms with Gasteiger partial charge in [-0.15, -0.1) is 0 Å². The van der Waals surface area contributed by atoms with E-state index in [9.17, 15) is 14.8 Å². The lowest BCUT2D eigenvalue weighted by atomic mass is 10.00. The van der Waals surface area contributed by atoms with Crippen LogP contribution in [0.4, 0.5) is 9.59 Å². The molecular weight excluding hydrogens is 236 g/mol. The molecule has 1 aliphatic heterocycles. The Labute approximate surface area is 107 Å². The highest BCUT2D eigenvalue weighted by atomic mass is 16.5. The lowest BCUT2D eigenvalue weighted by molar-refractivity contribution is -0.129. The molecule has 0 radical (unpaired) electrons. The third-order valence-corrected chi connectivity index (χ3v) is 3.33. The minimum absolute atomic E-state index is 0.185. The van der Waals surface area contributed by atoms with E-state index in [0.29, 0.717) is 11.6 Å². The predicted octanol–water partition coefficient (Wildman–Crippen LogP) is 0.899. The van der Waals surface area contributed by atoms with Gasteiger partial charge in [0.05, 0.1) is 5.54 Å². The fourth-order valence-corrected chi connectivity index (χ4v) is 2.45. The number of nitrogens with one attached hydrogen (secondary N) is 1. The first-order valence-electron chi connectivity index (χ1n) is 6.03. The van der Waals surface area contributed by atoms with Crippen molar-refractivity contribution in [2.24, 2.45) is 0 Å². The van der Waals surface area contributed by atoms with E-state index in [0.717, 1.165) is 6.42 Å². The molecule has 2 N–H and O–H groups in total. The van der Waals surface area contributed by atoms with Gasteiger partial charge in [0.15, 0.2) is 6.17 Å². The molecule has 0 unspecified atom stereocenters. The Balaban J connectivity index is 3.05. The monoisotopic (exact) mass is 258 g/mol. The van der Waals surface area contributed by atoms with Gasteiger partial charge in [-0.25, -0.2) is 9.59 Å². The molecule has 0 aromatic carbocycles. The zero-order chi connectivity index (χ0) is 14.1. The minimum atomic E-state index is -0.712. The Bertz CT molecular complexity index is 345. The van der Waals surface area contributed by atoms with Gasteiger partial charge >= 0.3 is 12.1 Å². The van der Waals surface area contributed by atoms with Gasteiger partial charge in [-0.1, -0.05) is 6.92 Å². The number of urea groups is 2. The quantitative estimate of drug-likeness (QED) is 0.583. The Kier molecular flexibility index (Phi) is 4.05. The van der Waals surface area contributed by atoms with E-state index in [1.54, 1.807) is 11.9 Å². The second kappa shape index (κ2) is 5.01. The molecule has 1 aliphatic rings. The Morgan fingerprint density at radius 1 is 1.56 bits per heavy atom. The van der Waals surface area contributed by atoms with Crippen molar-refractivity contribution in [3.05, 3.63) is 0 Å². The summed E-state index contributed by atoms with van der Waals surface area (Å²) in [7, 11) is 3.01. The third-order valence-electron chi connectivity index (χ3n) is 3.33. The van der Waals surface area contributed by atoms with Crippen LogP contribution in [0, 0.1) is 0 Å². The number of hydrogen-bond donors (Lipinski definition) is 2. The topological polar surface area (TPSA) is 76.1 Å². The van der Waals surface area contributed by atoms with Crippen LogP contribution in [0.15, 0.2) is 0 Å². The fourth-order valence-electron chi connectivity index (χ4n) is 2.45. The van der Waals surface area contributed by atoms with Crippen LogP contribution in [0.5, 0.6) is 0 Å². The molecule has 1 heterocycles. The number of amides is 4. The van der Waals surface area contributed by atoms with Gasteiger partial charge in [0.25, 0.3) is 0 Å². The van der Waals surface area contributed by atoms with Crippen molar-refractivity contribution >= 4 is 12.1 Å². The molecule has 1 saturated heterocycles. The van der Waals surface area contributed by atoms with E-state index >= 15 is 0 Å². The van der Waals surface area contributed by atoms with Gasteiger partial charge in [-0.2, -0.15) is 5.06 Å². The maximum absolute atomic E-state index is 12.1. The second-order valence-corrected chi connectivity index (χ2v) is 4.97. The van der Waals surface area contributed by atoms with Crippen molar-refractivity contribution in [2.45, 2.75) is 38.9 Å². The maximum Gasteiger partial charge on any atom is 0.342 e. The van der Waals surface area contributed by atoms with E-state index in [1.807, 2.05) is 20.8 Å². The lowest BCUT2D eigenvalue weighted by Crippen LogP contribution is -2.58. The molecule has 1 atom stereocenters. The van der Waals surface area contributed by atoms with E-state index < -0.39 is 17.7 Å². The van der Waals surface area contributed by atoms with Gasteiger partial charge in [0.2, 0.25) is 0 Å². The summed E-state index contributed by atoms with van der Waals surface area (Å²) >= 11 is 0. The fraction of sp³-hybridized carbons (Fsp3) is 0.818. The molecule has 104 valence electrons. The summed E-state index contributed by atoms with van der Waals surface area (Å²) in [4.78, 5) is 26.7. The number of hydroxylamine groups is 2. The number of nitrogens with zero attached hydrogens (tertiary/aromatic N) is 3. The Morgan fingerprint density at radius 2 is 2.11 bits per heavy atom. The number of carbonyl (C=O) groups excluding carboxylic acids is 2. The summed E-state index contributed by atoms with van der Waals surface area (Å²) in [6, 6.07) is -0.819. The average molecular weight is 258 g/mol. The highest BCUT2D eigenvalue weighted by molar-refractivity contribution is 5.80. The smallest absolute Gasteiger partial charge is 0.339 e. The summed E-state index contributed by atoms with van der Waals surface area (Å²) in [5.74, 6) is 0. The zero-order valence-electron chi connectivity index (χ0n) is 11.6. The van der Waals surface area contributed by atoms with E-state index in [-0.39, 0.29) is 6.03 Å². The lowest BCUT2D eigenvalue weighted by Gasteiger charge is -2.37. The highest BCUT2D eigenvalue weighted by Gasteiger charge is 2.53. The normalized spacial score (nSPS) is 22.3. The minimum Gasteiger partial charge on any atom is -0.339 e. The van der Waals surface area contributed by atoms with Gasteiger partial charge in [0.1, 0.15) is 0 Å². The van der Waals surface area contributed by atoms with E-state index in [1.165, 1.54) is 11.9 Å². The van der Waals surface area contributed by atoms with E-state index in [2.05, 4.69) is 5.32 Å². The van der Waals surface area contributed by atoms with Crippen LogP contribution in [-0.4, -0.2) is 64.5 Å². The van der Waals surface area contributed by atoms with Crippen LogP contribution in [0.3, 0.4) is 0 Å². The summed E-state index contributed by atoms with van der Waals surface area (Å²) in [5, 5.41) is 12.8. The summed E-state index contributed by atoms with van der Waals surface area (Å²) in [6.07, 6.45) is 0.109. The zero-order valence-corrected chi connectivity index (χ0v) is 11.6. The molecule has 0 saturated carbocycles. The Morgan fingerprint density at radius 3 is 2.56 bits per heavy atom. The molecule has 0 aromatic heterocycles. The molecule has 18 heavy (non-hydrogen) atoms. The van der Waals surface area contributed by atoms with Crippen molar-refractivity contribution in [1.29, 1.82) is 0 Å². The average Bonchev–Trinajstić information content (AvgIpc) is 2.48. The molecule has 7 nitrogen and oxygen atoms in total. The van der Waals surface area contributed by atoms with Gasteiger partial charge in [0, 0.05) is 20.6 Å². The molecule has 1 fully saturated rings. The SMILES string of the molecule is CCCN1C(=O)N(C)[C@@H](N(O)C(=O)NC)C1(C)C.